The van der Waals surface area contributed by atoms with Crippen molar-refractivity contribution in [2.75, 3.05) is 5.32 Å². The SMILES string of the molecule is O=C(Nc1ccccc1C(=O)NCc1ccco1)c1ccc2ccccc2n1. The van der Waals surface area contributed by atoms with Gasteiger partial charge in [0.1, 0.15) is 11.5 Å². The molecule has 0 atom stereocenters. The number of benzene rings is 2. The van der Waals surface area contributed by atoms with Crippen molar-refractivity contribution < 1.29 is 14.0 Å². The van der Waals surface area contributed by atoms with Crippen molar-refractivity contribution in [3.8, 4) is 0 Å². The summed E-state index contributed by atoms with van der Waals surface area (Å²) in [6.45, 7) is 0.264. The minimum Gasteiger partial charge on any atom is -0.467 e. The van der Waals surface area contributed by atoms with Gasteiger partial charge in [-0.1, -0.05) is 36.4 Å². The van der Waals surface area contributed by atoms with Gasteiger partial charge in [-0.25, -0.2) is 4.98 Å². The second kappa shape index (κ2) is 7.75. The normalized spacial score (nSPS) is 10.6. The minimum absolute atomic E-state index is 0.264. The Morgan fingerprint density at radius 2 is 1.68 bits per heavy atom. The van der Waals surface area contributed by atoms with E-state index in [4.69, 9.17) is 4.42 Å². The van der Waals surface area contributed by atoms with Crippen LogP contribution in [0.3, 0.4) is 0 Å². The summed E-state index contributed by atoms with van der Waals surface area (Å²) in [6, 6.07) is 21.4. The summed E-state index contributed by atoms with van der Waals surface area (Å²) in [5.41, 5.74) is 1.80. The highest BCUT2D eigenvalue weighted by molar-refractivity contribution is 6.08. The molecule has 2 aromatic heterocycles. The summed E-state index contributed by atoms with van der Waals surface area (Å²) in [5, 5.41) is 6.51. The lowest BCUT2D eigenvalue weighted by molar-refractivity contribution is 0.0949. The highest BCUT2D eigenvalue weighted by Gasteiger charge is 2.15. The third-order valence-corrected chi connectivity index (χ3v) is 4.25. The number of para-hydroxylation sites is 2. The van der Waals surface area contributed by atoms with Crippen molar-refractivity contribution >= 4 is 28.4 Å². The number of pyridine rings is 1. The van der Waals surface area contributed by atoms with E-state index in [0.29, 0.717) is 17.0 Å². The fourth-order valence-electron chi connectivity index (χ4n) is 2.84. The molecule has 2 aromatic carbocycles. The Bertz CT molecular complexity index is 1140. The molecule has 2 N–H and O–H groups in total. The summed E-state index contributed by atoms with van der Waals surface area (Å²) in [7, 11) is 0. The smallest absolute Gasteiger partial charge is 0.274 e. The number of rotatable bonds is 5. The molecule has 2 heterocycles. The molecule has 0 bridgehead atoms. The number of nitrogens with zero attached hydrogens (tertiary/aromatic N) is 1. The second-order valence-corrected chi connectivity index (χ2v) is 6.15. The predicted molar refractivity (Wildman–Crippen MR) is 106 cm³/mol. The molecule has 0 spiro atoms. The molecule has 0 saturated carbocycles. The number of anilines is 1. The van der Waals surface area contributed by atoms with E-state index in [1.165, 1.54) is 0 Å². The number of aromatic nitrogens is 1. The average molecular weight is 371 g/mol. The highest BCUT2D eigenvalue weighted by Crippen LogP contribution is 2.17. The Balaban J connectivity index is 1.52. The molecule has 4 aromatic rings. The Labute approximate surface area is 161 Å². The summed E-state index contributed by atoms with van der Waals surface area (Å²) in [6.07, 6.45) is 1.55. The fourth-order valence-corrected chi connectivity index (χ4v) is 2.84. The second-order valence-electron chi connectivity index (χ2n) is 6.15. The van der Waals surface area contributed by atoms with E-state index in [1.54, 1.807) is 48.7 Å². The van der Waals surface area contributed by atoms with Crippen LogP contribution in [0.1, 0.15) is 26.6 Å². The molecule has 0 unspecified atom stereocenters. The molecule has 0 saturated heterocycles. The highest BCUT2D eigenvalue weighted by atomic mass is 16.3. The van der Waals surface area contributed by atoms with Gasteiger partial charge < -0.3 is 15.1 Å². The van der Waals surface area contributed by atoms with E-state index in [-0.39, 0.29) is 24.1 Å². The van der Waals surface area contributed by atoms with Gasteiger partial charge in [0.25, 0.3) is 11.8 Å². The number of carbonyl (C=O) groups is 2. The number of fused-ring (bicyclic) bond motifs is 1. The molecule has 4 rings (SSSR count). The van der Waals surface area contributed by atoms with Crippen LogP contribution in [0.15, 0.2) is 83.5 Å². The Morgan fingerprint density at radius 1 is 0.857 bits per heavy atom. The van der Waals surface area contributed by atoms with Crippen molar-refractivity contribution in [3.63, 3.8) is 0 Å². The summed E-state index contributed by atoms with van der Waals surface area (Å²) >= 11 is 0. The van der Waals surface area contributed by atoms with Gasteiger partial charge in [0.05, 0.1) is 29.6 Å². The first-order valence-corrected chi connectivity index (χ1v) is 8.77. The first-order valence-electron chi connectivity index (χ1n) is 8.77. The molecule has 138 valence electrons. The zero-order valence-corrected chi connectivity index (χ0v) is 14.9. The quantitative estimate of drug-likeness (QED) is 0.555. The largest absolute Gasteiger partial charge is 0.467 e. The number of amides is 2. The maximum Gasteiger partial charge on any atom is 0.274 e. The third-order valence-electron chi connectivity index (χ3n) is 4.25. The van der Waals surface area contributed by atoms with Crippen LogP contribution >= 0.6 is 0 Å². The van der Waals surface area contributed by atoms with Crippen molar-refractivity contribution in [3.05, 3.63) is 96.1 Å². The lowest BCUT2D eigenvalue weighted by Crippen LogP contribution is -2.24. The number of hydrogen-bond acceptors (Lipinski definition) is 4. The minimum atomic E-state index is -0.378. The summed E-state index contributed by atoms with van der Waals surface area (Å²) in [5.74, 6) is -0.0361. The zero-order valence-electron chi connectivity index (χ0n) is 14.9. The molecule has 0 aliphatic carbocycles. The van der Waals surface area contributed by atoms with E-state index >= 15 is 0 Å². The van der Waals surface area contributed by atoms with E-state index in [0.717, 1.165) is 10.9 Å². The van der Waals surface area contributed by atoms with Crippen LogP contribution < -0.4 is 10.6 Å². The van der Waals surface area contributed by atoms with Gasteiger partial charge in [0.2, 0.25) is 0 Å². The topological polar surface area (TPSA) is 84.2 Å². The molecule has 0 radical (unpaired) electrons. The summed E-state index contributed by atoms with van der Waals surface area (Å²) < 4.78 is 5.21. The molecule has 0 aliphatic rings. The number of nitrogens with one attached hydrogen (secondary N) is 2. The molecule has 28 heavy (non-hydrogen) atoms. The third kappa shape index (κ3) is 3.76. The molecule has 0 fully saturated rings. The first kappa shape index (κ1) is 17.5. The summed E-state index contributed by atoms with van der Waals surface area (Å²) in [4.78, 5) is 29.6. The zero-order chi connectivity index (χ0) is 19.3. The lowest BCUT2D eigenvalue weighted by atomic mass is 10.1. The van der Waals surface area contributed by atoms with Gasteiger partial charge in [0, 0.05) is 5.39 Å². The van der Waals surface area contributed by atoms with Crippen LogP contribution in [0.4, 0.5) is 5.69 Å². The van der Waals surface area contributed by atoms with Gasteiger partial charge in [-0.05, 0) is 36.4 Å². The standard InChI is InChI=1S/C22H17N3O3/c26-21(23-14-16-7-5-13-28-16)17-8-2-4-10-19(17)25-22(27)20-12-11-15-6-1-3-9-18(15)24-20/h1-13H,14H2,(H,23,26)(H,25,27). The molecular weight excluding hydrogens is 354 g/mol. The molecule has 6 heteroatoms. The van der Waals surface area contributed by atoms with Crippen molar-refractivity contribution in [1.82, 2.24) is 10.3 Å². The Kier molecular flexibility index (Phi) is 4.84. The van der Waals surface area contributed by atoms with E-state index < -0.39 is 0 Å². The van der Waals surface area contributed by atoms with Crippen LogP contribution in [0.5, 0.6) is 0 Å². The fraction of sp³-hybridized carbons (Fsp3) is 0.0455. The predicted octanol–water partition coefficient (Wildman–Crippen LogP) is 4.01. The number of furan rings is 1. The number of carbonyl (C=O) groups excluding carboxylic acids is 2. The Morgan fingerprint density at radius 3 is 2.54 bits per heavy atom. The first-order chi connectivity index (χ1) is 13.7. The molecule has 6 nitrogen and oxygen atoms in total. The van der Waals surface area contributed by atoms with Crippen LogP contribution in [0, 0.1) is 0 Å². The molecule has 0 aliphatic heterocycles. The molecule has 2 amide bonds. The van der Waals surface area contributed by atoms with Crippen LogP contribution in [0.25, 0.3) is 10.9 Å². The lowest BCUT2D eigenvalue weighted by Gasteiger charge is -2.11. The van der Waals surface area contributed by atoms with E-state index in [9.17, 15) is 9.59 Å². The molecular formula is C22H17N3O3. The average Bonchev–Trinajstić information content (AvgIpc) is 3.25. The van der Waals surface area contributed by atoms with Crippen molar-refractivity contribution in [1.29, 1.82) is 0 Å². The monoisotopic (exact) mass is 371 g/mol. The van der Waals surface area contributed by atoms with Crippen molar-refractivity contribution in [2.45, 2.75) is 6.54 Å². The van der Waals surface area contributed by atoms with Gasteiger partial charge in [-0.2, -0.15) is 0 Å². The maximum atomic E-state index is 12.7. The van der Waals surface area contributed by atoms with E-state index in [2.05, 4.69) is 15.6 Å². The van der Waals surface area contributed by atoms with E-state index in [1.807, 2.05) is 30.3 Å². The number of hydrogen-bond donors (Lipinski definition) is 2. The van der Waals surface area contributed by atoms with Gasteiger partial charge in [-0.3, -0.25) is 9.59 Å². The maximum absolute atomic E-state index is 12.7. The van der Waals surface area contributed by atoms with Crippen molar-refractivity contribution in [2.24, 2.45) is 0 Å². The van der Waals surface area contributed by atoms with Crippen LogP contribution in [-0.4, -0.2) is 16.8 Å². The van der Waals surface area contributed by atoms with Gasteiger partial charge in [-0.15, -0.1) is 0 Å². The van der Waals surface area contributed by atoms with Gasteiger partial charge >= 0.3 is 0 Å². The van der Waals surface area contributed by atoms with Gasteiger partial charge in [0.15, 0.2) is 0 Å². The van der Waals surface area contributed by atoms with Crippen LogP contribution in [0.2, 0.25) is 0 Å². The van der Waals surface area contributed by atoms with Crippen LogP contribution in [-0.2, 0) is 6.54 Å². The Hall–Kier alpha value is -3.93.